The van der Waals surface area contributed by atoms with Crippen LogP contribution in [-0.4, -0.2) is 49.7 Å². The first-order valence-electron chi connectivity index (χ1n) is 10.8. The number of hydrogen-bond donors (Lipinski definition) is 1. The lowest BCUT2D eigenvalue weighted by atomic mass is 10.1. The molecular formula is C24H32BrN3OS. The number of benzene rings is 2. The number of rotatable bonds is 6. The van der Waals surface area contributed by atoms with E-state index in [9.17, 15) is 4.79 Å². The average molecular weight is 491 g/mol. The minimum absolute atomic E-state index is 0. The molecular weight excluding hydrogens is 458 g/mol. The second-order valence-corrected chi connectivity index (χ2v) is 9.77. The monoisotopic (exact) mass is 489 g/mol. The number of hydrogen-bond acceptors (Lipinski definition) is 3. The predicted octanol–water partition coefficient (Wildman–Crippen LogP) is 2.06. The highest BCUT2D eigenvalue weighted by Crippen LogP contribution is 2.49. The molecule has 1 N–H and O–H groups in total. The molecule has 162 valence electrons. The van der Waals surface area contributed by atoms with Crippen LogP contribution in [0.3, 0.4) is 0 Å². The van der Waals surface area contributed by atoms with Crippen LogP contribution in [0.4, 0.5) is 11.4 Å². The van der Waals surface area contributed by atoms with Crippen molar-refractivity contribution in [3.05, 3.63) is 48.0 Å². The van der Waals surface area contributed by atoms with Gasteiger partial charge in [0.2, 0.25) is 0 Å². The van der Waals surface area contributed by atoms with Crippen molar-refractivity contribution in [2.75, 3.05) is 38.1 Å². The summed E-state index contributed by atoms with van der Waals surface area (Å²) in [6.45, 7) is 8.77. The van der Waals surface area contributed by atoms with E-state index >= 15 is 0 Å². The highest BCUT2D eigenvalue weighted by molar-refractivity contribution is 7.99. The molecule has 4 rings (SSSR count). The van der Waals surface area contributed by atoms with Crippen molar-refractivity contribution in [2.45, 2.75) is 48.9 Å². The molecule has 2 aliphatic heterocycles. The van der Waals surface area contributed by atoms with Gasteiger partial charge in [0.05, 0.1) is 44.1 Å². The standard InChI is InChI=1S/C24H31N3OS.BrH/c1-4-13-25-24(28)19-11-12-23-21(16-19)26(20-9-5-6-10-22(20)29-23)18(2)17-27(3)14-7-8-15-27;/h5-6,9-12,16,18H,4,7-8,13-15,17H2,1-3H3;1H. The van der Waals surface area contributed by atoms with Gasteiger partial charge in [-0.15, -0.1) is 0 Å². The summed E-state index contributed by atoms with van der Waals surface area (Å²) in [5.74, 6) is 0.0182. The molecule has 2 aromatic rings. The third kappa shape index (κ3) is 4.71. The molecule has 0 aliphatic carbocycles. The van der Waals surface area contributed by atoms with Gasteiger partial charge in [-0.25, -0.2) is 0 Å². The second-order valence-electron chi connectivity index (χ2n) is 8.68. The van der Waals surface area contributed by atoms with E-state index in [1.807, 2.05) is 6.07 Å². The van der Waals surface area contributed by atoms with E-state index in [-0.39, 0.29) is 22.9 Å². The normalized spacial score (nSPS) is 17.5. The molecule has 30 heavy (non-hydrogen) atoms. The van der Waals surface area contributed by atoms with Crippen molar-refractivity contribution >= 4 is 29.0 Å². The van der Waals surface area contributed by atoms with Crippen molar-refractivity contribution in [1.82, 2.24) is 5.32 Å². The summed E-state index contributed by atoms with van der Waals surface area (Å²) < 4.78 is 1.14. The number of carbonyl (C=O) groups is 1. The number of halogens is 1. The molecule has 1 fully saturated rings. The highest BCUT2D eigenvalue weighted by Gasteiger charge is 2.34. The van der Waals surface area contributed by atoms with E-state index < -0.39 is 0 Å². The zero-order chi connectivity index (χ0) is 20.4. The molecule has 2 heterocycles. The van der Waals surface area contributed by atoms with Gasteiger partial charge in [0, 0.05) is 34.7 Å². The van der Waals surface area contributed by atoms with Gasteiger partial charge in [0.15, 0.2) is 0 Å². The van der Waals surface area contributed by atoms with Gasteiger partial charge in [0.1, 0.15) is 0 Å². The SMILES string of the molecule is CCCNC(=O)c1ccc2c(c1)N(C(C)C[N+]1(C)CCCC1)c1ccccc1S2.[Br-]. The fraction of sp³-hybridized carbons (Fsp3) is 0.458. The molecule has 0 aromatic heterocycles. The first-order chi connectivity index (χ1) is 14.0. The smallest absolute Gasteiger partial charge is 0.251 e. The summed E-state index contributed by atoms with van der Waals surface area (Å²) in [5.41, 5.74) is 3.17. The Hall–Kier alpha value is -1.50. The average Bonchev–Trinajstić information content (AvgIpc) is 3.15. The van der Waals surface area contributed by atoms with Crippen molar-refractivity contribution in [3.63, 3.8) is 0 Å². The number of carbonyl (C=O) groups excluding carboxylic acids is 1. The summed E-state index contributed by atoms with van der Waals surface area (Å²) in [7, 11) is 2.39. The Morgan fingerprint density at radius 1 is 1.13 bits per heavy atom. The number of para-hydroxylation sites is 1. The minimum Gasteiger partial charge on any atom is -1.00 e. The van der Waals surface area contributed by atoms with E-state index in [2.05, 4.69) is 67.5 Å². The third-order valence-corrected chi connectivity index (χ3v) is 7.28. The van der Waals surface area contributed by atoms with Crippen LogP contribution in [0.1, 0.15) is 43.5 Å². The molecule has 0 radical (unpaired) electrons. The lowest BCUT2D eigenvalue weighted by molar-refractivity contribution is -0.898. The molecule has 2 aromatic carbocycles. The molecule has 1 saturated heterocycles. The lowest BCUT2D eigenvalue weighted by Crippen LogP contribution is -3.00. The van der Waals surface area contributed by atoms with E-state index in [0.717, 1.165) is 28.7 Å². The molecule has 1 atom stereocenters. The first kappa shape index (κ1) is 23.2. The number of fused-ring (bicyclic) bond motifs is 2. The molecule has 6 heteroatoms. The fourth-order valence-corrected chi connectivity index (χ4v) is 5.79. The predicted molar refractivity (Wildman–Crippen MR) is 121 cm³/mol. The van der Waals surface area contributed by atoms with Crippen LogP contribution in [0.25, 0.3) is 0 Å². The number of likely N-dealkylation sites (N-methyl/N-ethyl adjacent to an activating group) is 1. The Kier molecular flexibility index (Phi) is 7.53. The van der Waals surface area contributed by atoms with Gasteiger partial charge in [-0.3, -0.25) is 4.79 Å². The molecule has 1 amide bonds. The second kappa shape index (κ2) is 9.75. The number of quaternary nitrogens is 1. The van der Waals surface area contributed by atoms with E-state index in [1.165, 1.54) is 41.4 Å². The van der Waals surface area contributed by atoms with Crippen molar-refractivity contribution in [2.24, 2.45) is 0 Å². The highest BCUT2D eigenvalue weighted by atomic mass is 79.9. The third-order valence-electron chi connectivity index (χ3n) is 6.15. The summed E-state index contributed by atoms with van der Waals surface area (Å²) >= 11 is 1.81. The van der Waals surface area contributed by atoms with E-state index in [0.29, 0.717) is 12.6 Å². The molecule has 0 spiro atoms. The maximum absolute atomic E-state index is 12.6. The fourth-order valence-electron chi connectivity index (χ4n) is 4.74. The zero-order valence-electron chi connectivity index (χ0n) is 18.2. The molecule has 1 unspecified atom stereocenters. The minimum atomic E-state index is 0. The summed E-state index contributed by atoms with van der Waals surface area (Å²) in [6.07, 6.45) is 3.60. The number of likely N-dealkylation sites (tertiary alicyclic amines) is 1. The summed E-state index contributed by atoms with van der Waals surface area (Å²) in [6, 6.07) is 15.2. The van der Waals surface area contributed by atoms with Crippen LogP contribution >= 0.6 is 11.8 Å². The van der Waals surface area contributed by atoms with Crippen LogP contribution < -0.4 is 27.2 Å². The van der Waals surface area contributed by atoms with Gasteiger partial charge in [-0.2, -0.15) is 0 Å². The largest absolute Gasteiger partial charge is 1.00 e. The van der Waals surface area contributed by atoms with Crippen LogP contribution in [0.2, 0.25) is 0 Å². The van der Waals surface area contributed by atoms with Crippen LogP contribution in [-0.2, 0) is 0 Å². The van der Waals surface area contributed by atoms with Gasteiger partial charge in [-0.1, -0.05) is 30.8 Å². The number of anilines is 2. The van der Waals surface area contributed by atoms with Gasteiger partial charge >= 0.3 is 0 Å². The van der Waals surface area contributed by atoms with Gasteiger partial charge in [-0.05, 0) is 43.7 Å². The van der Waals surface area contributed by atoms with Crippen LogP contribution in [0.5, 0.6) is 0 Å². The molecule has 0 saturated carbocycles. The van der Waals surface area contributed by atoms with Crippen molar-refractivity contribution in [3.8, 4) is 0 Å². The Bertz CT molecular complexity index is 898. The van der Waals surface area contributed by atoms with Crippen molar-refractivity contribution < 1.29 is 26.3 Å². The van der Waals surface area contributed by atoms with Crippen LogP contribution in [0, 0.1) is 0 Å². The maximum Gasteiger partial charge on any atom is 0.251 e. The maximum atomic E-state index is 12.6. The van der Waals surface area contributed by atoms with Crippen molar-refractivity contribution in [1.29, 1.82) is 0 Å². The number of nitrogens with one attached hydrogen (secondary N) is 1. The van der Waals surface area contributed by atoms with Gasteiger partial charge in [0.25, 0.3) is 5.91 Å². The summed E-state index contributed by atoms with van der Waals surface area (Å²) in [5, 5.41) is 3.02. The summed E-state index contributed by atoms with van der Waals surface area (Å²) in [4.78, 5) is 17.6. The Labute approximate surface area is 195 Å². The molecule has 4 nitrogen and oxygen atoms in total. The first-order valence-corrected chi connectivity index (χ1v) is 11.6. The van der Waals surface area contributed by atoms with Gasteiger partial charge < -0.3 is 31.7 Å². The topological polar surface area (TPSA) is 32.3 Å². The number of nitrogens with zero attached hydrogens (tertiary/aromatic N) is 2. The Balaban J connectivity index is 0.00000256. The Morgan fingerprint density at radius 3 is 2.57 bits per heavy atom. The van der Waals surface area contributed by atoms with E-state index in [1.54, 1.807) is 11.8 Å². The number of amides is 1. The molecule has 2 aliphatic rings. The quantitative estimate of drug-likeness (QED) is 0.630. The zero-order valence-corrected chi connectivity index (χ0v) is 20.6. The van der Waals surface area contributed by atoms with E-state index in [4.69, 9.17) is 0 Å². The Morgan fingerprint density at radius 2 is 1.83 bits per heavy atom. The molecule has 0 bridgehead atoms. The van der Waals surface area contributed by atoms with Crippen LogP contribution in [0.15, 0.2) is 52.3 Å². The lowest BCUT2D eigenvalue weighted by Gasteiger charge is -2.41.